The molecular formula is C25H32N2O7. The van der Waals surface area contributed by atoms with Crippen molar-refractivity contribution in [1.82, 2.24) is 4.90 Å². The zero-order chi connectivity index (χ0) is 24.5. The lowest BCUT2D eigenvalue weighted by Gasteiger charge is -2.28. The molecule has 9 heteroatoms. The molecule has 0 spiro atoms. The van der Waals surface area contributed by atoms with Crippen molar-refractivity contribution in [2.24, 2.45) is 0 Å². The average molecular weight is 473 g/mol. The van der Waals surface area contributed by atoms with Crippen molar-refractivity contribution in [3.63, 3.8) is 0 Å². The first-order chi connectivity index (χ1) is 16.5. The van der Waals surface area contributed by atoms with Crippen LogP contribution < -0.4 is 23.8 Å². The summed E-state index contributed by atoms with van der Waals surface area (Å²) in [6, 6.07) is 10.9. The maximum absolute atomic E-state index is 13.4. The number of amides is 2. The first-order valence-electron chi connectivity index (χ1n) is 11.1. The average Bonchev–Trinajstić information content (AvgIpc) is 2.90. The van der Waals surface area contributed by atoms with E-state index in [2.05, 4.69) is 0 Å². The van der Waals surface area contributed by atoms with Gasteiger partial charge < -0.3 is 33.5 Å². The Morgan fingerprint density at radius 1 is 0.882 bits per heavy atom. The zero-order valence-electron chi connectivity index (χ0n) is 20.2. The van der Waals surface area contributed by atoms with E-state index in [0.717, 1.165) is 11.3 Å². The van der Waals surface area contributed by atoms with Gasteiger partial charge in [0.1, 0.15) is 5.75 Å². The summed E-state index contributed by atoms with van der Waals surface area (Å²) in [5.74, 6) is 1.80. The fourth-order valence-corrected chi connectivity index (χ4v) is 3.78. The van der Waals surface area contributed by atoms with Crippen LogP contribution in [-0.4, -0.2) is 71.5 Å². The molecule has 0 bridgehead atoms. The second-order valence-electron chi connectivity index (χ2n) is 7.70. The molecule has 3 rings (SSSR count). The molecule has 1 aliphatic rings. The Balaban J connectivity index is 1.86. The number of methoxy groups -OCH3 is 4. The Morgan fingerprint density at radius 2 is 1.50 bits per heavy atom. The third-order valence-corrected chi connectivity index (χ3v) is 5.68. The molecule has 0 radical (unpaired) electrons. The highest BCUT2D eigenvalue weighted by Gasteiger charge is 2.24. The molecule has 34 heavy (non-hydrogen) atoms. The van der Waals surface area contributed by atoms with Gasteiger partial charge in [0.25, 0.3) is 0 Å². The summed E-state index contributed by atoms with van der Waals surface area (Å²) in [4.78, 5) is 29.4. The summed E-state index contributed by atoms with van der Waals surface area (Å²) in [6.07, 6.45) is 0.200. The van der Waals surface area contributed by atoms with Gasteiger partial charge in [-0.25, -0.2) is 0 Å². The molecule has 0 saturated carbocycles. The van der Waals surface area contributed by atoms with Crippen LogP contribution in [-0.2, 0) is 20.9 Å². The van der Waals surface area contributed by atoms with Crippen molar-refractivity contribution < 1.29 is 33.3 Å². The fraction of sp³-hybridized carbons (Fsp3) is 0.440. The minimum absolute atomic E-state index is 0.0501. The van der Waals surface area contributed by atoms with Crippen molar-refractivity contribution in [3.05, 3.63) is 42.0 Å². The topological polar surface area (TPSA) is 86.8 Å². The van der Waals surface area contributed by atoms with Gasteiger partial charge in [0, 0.05) is 38.1 Å². The minimum atomic E-state index is -0.188. The molecule has 184 valence electrons. The van der Waals surface area contributed by atoms with Crippen LogP contribution in [0.15, 0.2) is 36.4 Å². The summed E-state index contributed by atoms with van der Waals surface area (Å²) in [7, 11) is 6.18. The van der Waals surface area contributed by atoms with Gasteiger partial charge in [-0.3, -0.25) is 9.59 Å². The van der Waals surface area contributed by atoms with Gasteiger partial charge in [0.2, 0.25) is 17.6 Å². The maximum Gasteiger partial charge on any atom is 0.227 e. The molecule has 2 aromatic carbocycles. The van der Waals surface area contributed by atoms with Gasteiger partial charge in [-0.05, 0) is 17.7 Å². The van der Waals surface area contributed by atoms with Crippen LogP contribution in [0.25, 0.3) is 0 Å². The monoisotopic (exact) mass is 472 g/mol. The van der Waals surface area contributed by atoms with Crippen molar-refractivity contribution in [2.45, 2.75) is 19.4 Å². The number of carbonyl (C=O) groups is 2. The van der Waals surface area contributed by atoms with Crippen LogP contribution in [0.2, 0.25) is 0 Å². The minimum Gasteiger partial charge on any atom is -0.497 e. The number of ether oxygens (including phenoxy) is 5. The molecule has 1 aliphatic heterocycles. The van der Waals surface area contributed by atoms with Crippen LogP contribution in [0.3, 0.4) is 0 Å². The Bertz CT molecular complexity index is 947. The number of anilines is 1. The number of carbonyl (C=O) groups excluding carboxylic acids is 2. The molecule has 2 amide bonds. The van der Waals surface area contributed by atoms with E-state index in [1.165, 1.54) is 21.3 Å². The predicted molar refractivity (Wildman–Crippen MR) is 127 cm³/mol. The summed E-state index contributed by atoms with van der Waals surface area (Å²) in [5.41, 5.74) is 1.48. The van der Waals surface area contributed by atoms with Gasteiger partial charge >= 0.3 is 0 Å². The third kappa shape index (κ3) is 6.11. The molecule has 9 nitrogen and oxygen atoms in total. The SMILES string of the molecule is COc1ccc(CN(C(=O)CCC(=O)N2CCOCC2)c2cc(OC)c(OC)c(OC)c2)cc1. The number of benzene rings is 2. The van der Waals surface area contributed by atoms with Crippen molar-refractivity contribution in [2.75, 3.05) is 59.6 Å². The highest BCUT2D eigenvalue weighted by molar-refractivity contribution is 5.96. The molecule has 1 heterocycles. The second kappa shape index (κ2) is 12.1. The molecule has 0 N–H and O–H groups in total. The first-order valence-corrected chi connectivity index (χ1v) is 11.1. The van der Waals surface area contributed by atoms with Crippen LogP contribution in [0.5, 0.6) is 23.0 Å². The lowest BCUT2D eigenvalue weighted by molar-refractivity contribution is -0.136. The van der Waals surface area contributed by atoms with Gasteiger partial charge in [0.15, 0.2) is 11.5 Å². The van der Waals surface area contributed by atoms with Crippen LogP contribution in [0.1, 0.15) is 18.4 Å². The van der Waals surface area contributed by atoms with Crippen molar-refractivity contribution in [3.8, 4) is 23.0 Å². The number of nitrogens with zero attached hydrogens (tertiary/aromatic N) is 2. The third-order valence-electron chi connectivity index (χ3n) is 5.68. The molecule has 2 aromatic rings. The van der Waals surface area contributed by atoms with Gasteiger partial charge in [0.05, 0.1) is 53.9 Å². The number of rotatable bonds is 10. The largest absolute Gasteiger partial charge is 0.497 e. The van der Waals surface area contributed by atoms with Crippen molar-refractivity contribution >= 4 is 17.5 Å². The van der Waals surface area contributed by atoms with E-state index in [4.69, 9.17) is 23.7 Å². The standard InChI is InChI=1S/C25H32N2O7/c1-30-20-7-5-18(6-8-20)17-27(19-15-21(31-2)25(33-4)22(16-19)32-3)24(29)10-9-23(28)26-11-13-34-14-12-26/h5-8,15-16H,9-14,17H2,1-4H3. The second-order valence-corrected chi connectivity index (χ2v) is 7.70. The molecule has 1 fully saturated rings. The fourth-order valence-electron chi connectivity index (χ4n) is 3.78. The lowest BCUT2D eigenvalue weighted by atomic mass is 10.1. The molecule has 0 aromatic heterocycles. The normalized spacial score (nSPS) is 13.2. The number of hydrogen-bond acceptors (Lipinski definition) is 7. The number of hydrogen-bond donors (Lipinski definition) is 0. The molecular weight excluding hydrogens is 440 g/mol. The molecule has 0 unspecified atom stereocenters. The van der Waals surface area contributed by atoms with E-state index in [1.807, 2.05) is 24.3 Å². The molecule has 0 aliphatic carbocycles. The van der Waals surface area contributed by atoms with Gasteiger partial charge in [-0.2, -0.15) is 0 Å². The Morgan fingerprint density at radius 3 is 2.03 bits per heavy atom. The lowest BCUT2D eigenvalue weighted by Crippen LogP contribution is -2.41. The summed E-state index contributed by atoms with van der Waals surface area (Å²) < 4.78 is 26.9. The maximum atomic E-state index is 13.4. The van der Waals surface area contributed by atoms with E-state index in [-0.39, 0.29) is 24.7 Å². The van der Waals surface area contributed by atoms with Gasteiger partial charge in [-0.1, -0.05) is 12.1 Å². The molecule has 0 atom stereocenters. The Labute approximate surface area is 200 Å². The Hall–Kier alpha value is -3.46. The quantitative estimate of drug-likeness (QED) is 0.526. The van der Waals surface area contributed by atoms with E-state index in [1.54, 1.807) is 29.0 Å². The van der Waals surface area contributed by atoms with Crippen molar-refractivity contribution in [1.29, 1.82) is 0 Å². The summed E-state index contributed by atoms with van der Waals surface area (Å²) in [6.45, 7) is 2.45. The predicted octanol–water partition coefficient (Wildman–Crippen LogP) is 2.89. The highest BCUT2D eigenvalue weighted by Crippen LogP contribution is 2.41. The van der Waals surface area contributed by atoms with Gasteiger partial charge in [-0.15, -0.1) is 0 Å². The molecule has 1 saturated heterocycles. The van der Waals surface area contributed by atoms with Crippen LogP contribution in [0.4, 0.5) is 5.69 Å². The van der Waals surface area contributed by atoms with E-state index >= 15 is 0 Å². The first kappa shape index (κ1) is 25.2. The smallest absolute Gasteiger partial charge is 0.227 e. The summed E-state index contributed by atoms with van der Waals surface area (Å²) >= 11 is 0. The zero-order valence-corrected chi connectivity index (χ0v) is 20.2. The van der Waals surface area contributed by atoms with Crippen LogP contribution in [0, 0.1) is 0 Å². The summed E-state index contributed by atoms with van der Waals surface area (Å²) in [5, 5.41) is 0. The van der Waals surface area contributed by atoms with E-state index < -0.39 is 0 Å². The van der Waals surface area contributed by atoms with Crippen LogP contribution >= 0.6 is 0 Å². The van der Waals surface area contributed by atoms with E-state index in [9.17, 15) is 9.59 Å². The Kier molecular flexibility index (Phi) is 8.98. The highest BCUT2D eigenvalue weighted by atomic mass is 16.5. The number of morpholine rings is 1. The van der Waals surface area contributed by atoms with E-state index in [0.29, 0.717) is 55.8 Å².